The van der Waals surface area contributed by atoms with E-state index in [9.17, 15) is 9.59 Å². The van der Waals surface area contributed by atoms with Crippen molar-refractivity contribution in [3.63, 3.8) is 0 Å². The number of hydrogen-bond donors (Lipinski definition) is 0. The van der Waals surface area contributed by atoms with Crippen molar-refractivity contribution in [3.05, 3.63) is 88.5 Å². The average molecular weight is 719 g/mol. The van der Waals surface area contributed by atoms with Crippen molar-refractivity contribution in [2.75, 3.05) is 26.6 Å². The Kier molecular flexibility index (Phi) is 12.6. The molecule has 0 unspecified atom stereocenters. The Morgan fingerprint density at radius 1 is 0.922 bits per heavy atom. The highest BCUT2D eigenvalue weighted by molar-refractivity contribution is 7.99. The first-order chi connectivity index (χ1) is 24.5. The van der Waals surface area contributed by atoms with Crippen LogP contribution in [-0.4, -0.2) is 77.7 Å². The van der Waals surface area contributed by atoms with Crippen LogP contribution in [0.1, 0.15) is 74.4 Å². The maximum atomic E-state index is 15.0. The Morgan fingerprint density at radius 2 is 1.55 bits per heavy atom. The number of carbonyl (C=O) groups excluding carboxylic acids is 3. The summed E-state index contributed by atoms with van der Waals surface area (Å²) in [6.45, 7) is 10.1. The molecular formula is C40H50N2O8S. The first kappa shape index (κ1) is 38.0. The van der Waals surface area contributed by atoms with E-state index in [1.54, 1.807) is 51.7 Å². The standard InChI is InChI=1S/C40H50N2O8S/c1-8-51-38-31-22-29-33(36(35(47-7)26(2)34(29)46-6)49-24-28-18-13-10-14-19-28)32(25-48-23-27-16-11-9-12-17-27)41(31)37(44)30(20-15-21-43)42(38)39(45)50-40(3,4)5/h9-14,16-19,21,30-32,38H,8,15,20,22-25H2,1-7H3/t30-,31-,32-,38+/m0/s1. The number of hydrogen-bond acceptors (Lipinski definition) is 9. The van der Waals surface area contributed by atoms with Gasteiger partial charge in [0.15, 0.2) is 11.5 Å². The topological polar surface area (TPSA) is 104 Å². The van der Waals surface area contributed by atoms with Crippen molar-refractivity contribution in [2.45, 2.75) is 96.2 Å². The van der Waals surface area contributed by atoms with Gasteiger partial charge in [-0.05, 0) is 57.4 Å². The van der Waals surface area contributed by atoms with Crippen LogP contribution in [0.4, 0.5) is 4.79 Å². The van der Waals surface area contributed by atoms with Crippen LogP contribution in [0.3, 0.4) is 0 Å². The number of fused-ring (bicyclic) bond motifs is 2. The van der Waals surface area contributed by atoms with Crippen LogP contribution in [-0.2, 0) is 38.7 Å². The highest BCUT2D eigenvalue weighted by atomic mass is 32.2. The van der Waals surface area contributed by atoms with Gasteiger partial charge in [0.05, 0.1) is 39.5 Å². The van der Waals surface area contributed by atoms with E-state index < -0.39 is 35.2 Å². The average Bonchev–Trinajstić information content (AvgIpc) is 3.11. The molecule has 0 bridgehead atoms. The number of aldehydes is 1. The zero-order chi connectivity index (χ0) is 36.7. The van der Waals surface area contributed by atoms with E-state index in [-0.39, 0.29) is 32.0 Å². The number of rotatable bonds is 14. The highest BCUT2D eigenvalue weighted by Crippen LogP contribution is 2.53. The van der Waals surface area contributed by atoms with Gasteiger partial charge in [-0.3, -0.25) is 9.69 Å². The number of ether oxygens (including phenoxy) is 5. The molecule has 0 spiro atoms. The van der Waals surface area contributed by atoms with Gasteiger partial charge in [-0.25, -0.2) is 4.79 Å². The van der Waals surface area contributed by atoms with Gasteiger partial charge in [-0.1, -0.05) is 67.6 Å². The van der Waals surface area contributed by atoms with Crippen LogP contribution in [0.25, 0.3) is 0 Å². The molecule has 0 aromatic heterocycles. The fourth-order valence-corrected chi connectivity index (χ4v) is 8.33. The molecule has 0 aliphatic carbocycles. The molecule has 2 heterocycles. The molecule has 0 saturated carbocycles. The zero-order valence-electron chi connectivity index (χ0n) is 30.7. The van der Waals surface area contributed by atoms with Crippen molar-refractivity contribution in [1.82, 2.24) is 9.80 Å². The summed E-state index contributed by atoms with van der Waals surface area (Å²) in [6, 6.07) is 17.7. The van der Waals surface area contributed by atoms with Crippen LogP contribution >= 0.6 is 11.8 Å². The van der Waals surface area contributed by atoms with E-state index in [1.807, 2.05) is 79.4 Å². The molecule has 3 aromatic carbocycles. The molecule has 1 saturated heterocycles. The van der Waals surface area contributed by atoms with E-state index in [2.05, 4.69) is 0 Å². The van der Waals surface area contributed by atoms with Gasteiger partial charge < -0.3 is 33.4 Å². The third kappa shape index (κ3) is 8.31. The Hall–Kier alpha value is -4.22. The van der Waals surface area contributed by atoms with Crippen molar-refractivity contribution in [1.29, 1.82) is 0 Å². The lowest BCUT2D eigenvalue weighted by molar-refractivity contribution is -0.154. The normalized spacial score (nSPS) is 19.9. The summed E-state index contributed by atoms with van der Waals surface area (Å²) >= 11 is 1.58. The van der Waals surface area contributed by atoms with Crippen molar-refractivity contribution in [3.8, 4) is 17.2 Å². The Labute approximate surface area is 305 Å². The molecule has 2 aliphatic heterocycles. The predicted octanol–water partition coefficient (Wildman–Crippen LogP) is 7.28. The fraction of sp³-hybridized carbons (Fsp3) is 0.475. The SMILES string of the molecule is CCS[C@@H]1[C@@H]2Cc3c(OC)c(C)c(OC)c(OCc4ccccc4)c3[C@H](COCc3ccccc3)N2C(=O)[C@H](CCC=O)N1C(=O)OC(C)(C)C. The second-order valence-electron chi connectivity index (χ2n) is 13.7. The van der Waals surface area contributed by atoms with Crippen LogP contribution in [0.2, 0.25) is 0 Å². The summed E-state index contributed by atoms with van der Waals surface area (Å²) in [5.74, 6) is 2.08. The predicted molar refractivity (Wildman–Crippen MR) is 197 cm³/mol. The Balaban J connectivity index is 1.70. The number of nitrogens with zero attached hydrogens (tertiary/aromatic N) is 2. The van der Waals surface area contributed by atoms with Gasteiger partial charge in [0, 0.05) is 23.1 Å². The zero-order valence-corrected chi connectivity index (χ0v) is 31.5. The summed E-state index contributed by atoms with van der Waals surface area (Å²) in [7, 11) is 3.23. The molecule has 0 N–H and O–H groups in total. The van der Waals surface area contributed by atoms with E-state index in [4.69, 9.17) is 23.7 Å². The minimum Gasteiger partial charge on any atom is -0.496 e. The molecule has 5 rings (SSSR count). The Morgan fingerprint density at radius 3 is 2.12 bits per heavy atom. The molecule has 1 fully saturated rings. The second-order valence-corrected chi connectivity index (χ2v) is 15.1. The lowest BCUT2D eigenvalue weighted by Crippen LogP contribution is -2.69. The maximum absolute atomic E-state index is 15.0. The maximum Gasteiger partial charge on any atom is 0.411 e. The largest absolute Gasteiger partial charge is 0.496 e. The summed E-state index contributed by atoms with van der Waals surface area (Å²) < 4.78 is 31.2. The van der Waals surface area contributed by atoms with E-state index in [0.29, 0.717) is 36.0 Å². The summed E-state index contributed by atoms with van der Waals surface area (Å²) in [5, 5.41) is -0.482. The van der Waals surface area contributed by atoms with Crippen molar-refractivity contribution in [2.24, 2.45) is 0 Å². The summed E-state index contributed by atoms with van der Waals surface area (Å²) in [4.78, 5) is 44.2. The molecule has 2 amide bonds. The molecule has 11 heteroatoms. The number of methoxy groups -OCH3 is 2. The molecule has 4 atom stereocenters. The monoisotopic (exact) mass is 718 g/mol. The van der Waals surface area contributed by atoms with Crippen LogP contribution in [0, 0.1) is 6.92 Å². The minimum absolute atomic E-state index is 0.107. The molecule has 3 aromatic rings. The van der Waals surface area contributed by atoms with Crippen LogP contribution in [0.5, 0.6) is 17.2 Å². The van der Waals surface area contributed by atoms with Gasteiger partial charge in [0.1, 0.15) is 35.7 Å². The lowest BCUT2D eigenvalue weighted by atomic mass is 9.82. The van der Waals surface area contributed by atoms with E-state index in [1.165, 1.54) is 0 Å². The summed E-state index contributed by atoms with van der Waals surface area (Å²) in [6.07, 6.45) is 0.853. The lowest BCUT2D eigenvalue weighted by Gasteiger charge is -2.55. The first-order valence-electron chi connectivity index (χ1n) is 17.5. The van der Waals surface area contributed by atoms with Gasteiger partial charge in [-0.2, -0.15) is 0 Å². The first-order valence-corrected chi connectivity index (χ1v) is 18.5. The quantitative estimate of drug-likeness (QED) is 0.159. The highest BCUT2D eigenvalue weighted by Gasteiger charge is 2.55. The van der Waals surface area contributed by atoms with Gasteiger partial charge in [0.25, 0.3) is 0 Å². The van der Waals surface area contributed by atoms with E-state index in [0.717, 1.165) is 34.1 Å². The fourth-order valence-electron chi connectivity index (χ4n) is 7.14. The molecule has 51 heavy (non-hydrogen) atoms. The number of thioether (sulfide) groups is 1. The Bertz CT molecular complexity index is 1660. The smallest absolute Gasteiger partial charge is 0.411 e. The molecule has 0 radical (unpaired) electrons. The van der Waals surface area contributed by atoms with Crippen LogP contribution < -0.4 is 14.2 Å². The van der Waals surface area contributed by atoms with Crippen LogP contribution in [0.15, 0.2) is 60.7 Å². The number of carbonyl (C=O) groups is 3. The minimum atomic E-state index is -0.925. The summed E-state index contributed by atoms with van der Waals surface area (Å²) in [5.41, 5.74) is 3.58. The third-order valence-corrected chi connectivity index (χ3v) is 10.4. The number of amides is 2. The molecule has 2 aliphatic rings. The van der Waals surface area contributed by atoms with Crippen molar-refractivity contribution >= 4 is 30.0 Å². The van der Waals surface area contributed by atoms with Gasteiger partial charge >= 0.3 is 6.09 Å². The van der Waals surface area contributed by atoms with Gasteiger partial charge in [0.2, 0.25) is 5.91 Å². The second kappa shape index (κ2) is 16.9. The van der Waals surface area contributed by atoms with E-state index >= 15 is 4.79 Å². The van der Waals surface area contributed by atoms with Crippen molar-refractivity contribution < 1.29 is 38.1 Å². The number of piperazine rings is 1. The number of benzene rings is 3. The molecular weight excluding hydrogens is 669 g/mol. The molecule has 10 nitrogen and oxygen atoms in total. The van der Waals surface area contributed by atoms with Gasteiger partial charge in [-0.15, -0.1) is 11.8 Å². The molecule has 274 valence electrons. The third-order valence-electron chi connectivity index (χ3n) is 9.17.